The zero-order chi connectivity index (χ0) is 16.5. The number of alkyl halides is 10. The molecule has 0 bridgehead atoms. The minimum atomic E-state index is -5.85. The van der Waals surface area contributed by atoms with Crippen molar-refractivity contribution in [2.24, 2.45) is 0 Å². The van der Waals surface area contributed by atoms with Gasteiger partial charge in [-0.3, -0.25) is 9.13 Å². The average molecular weight is 318 g/mol. The van der Waals surface area contributed by atoms with Crippen LogP contribution in [0.15, 0.2) is 0 Å². The van der Waals surface area contributed by atoms with Crippen molar-refractivity contribution in [3.63, 3.8) is 0 Å². The predicted octanol–water partition coefficient (Wildman–Crippen LogP) is 4.11. The molecule has 0 atom stereocenters. The molecule has 0 spiro atoms. The van der Waals surface area contributed by atoms with E-state index in [-0.39, 0.29) is 0 Å². The maximum absolute atomic E-state index is 11.3. The third kappa shape index (κ3) is 22.8. The van der Waals surface area contributed by atoms with E-state index in [1.54, 1.807) is 0 Å². The van der Waals surface area contributed by atoms with Crippen LogP contribution in [-0.2, 0) is 9.47 Å². The summed E-state index contributed by atoms with van der Waals surface area (Å²) in [5.74, 6) is 0. The van der Waals surface area contributed by atoms with Crippen molar-refractivity contribution in [1.29, 1.82) is 0 Å². The van der Waals surface area contributed by atoms with Gasteiger partial charge in [-0.05, 0) is 0 Å². The lowest BCUT2D eigenvalue weighted by molar-refractivity contribution is -0.398. The smallest absolute Gasteiger partial charge is 0.354 e. The lowest BCUT2D eigenvalue weighted by atomic mass is 10.6. The van der Waals surface area contributed by atoms with Crippen molar-refractivity contribution < 1.29 is 53.4 Å². The Morgan fingerprint density at radius 3 is 1.11 bits per heavy atom. The van der Waals surface area contributed by atoms with Gasteiger partial charge >= 0.3 is 12.3 Å². The van der Waals surface area contributed by atoms with E-state index in [1.807, 2.05) is 0 Å². The van der Waals surface area contributed by atoms with Gasteiger partial charge in [0, 0.05) is 7.11 Å². The predicted molar refractivity (Wildman–Crippen MR) is 45.2 cm³/mol. The highest BCUT2D eigenvalue weighted by Crippen LogP contribution is 2.35. The van der Waals surface area contributed by atoms with Gasteiger partial charge in [0.25, 0.3) is 0 Å². The van der Waals surface area contributed by atoms with Gasteiger partial charge in [0.05, 0.1) is 7.18 Å². The van der Waals surface area contributed by atoms with Crippen molar-refractivity contribution in [2.75, 3.05) is 34.9 Å². The topological polar surface area (TPSA) is 18.5 Å². The molecule has 0 saturated heterocycles. The third-order valence-corrected chi connectivity index (χ3v) is 0.675. The highest BCUT2D eigenvalue weighted by Gasteiger charge is 2.59. The van der Waals surface area contributed by atoms with Crippen LogP contribution in [0.2, 0.25) is 0 Å². The second-order valence-electron chi connectivity index (χ2n) is 1.77. The summed E-state index contributed by atoms with van der Waals surface area (Å²) < 4.78 is 112. The van der Waals surface area contributed by atoms with E-state index in [0.717, 1.165) is 0 Å². The number of hydrogen-bond donors (Lipinski definition) is 0. The van der Waals surface area contributed by atoms with Gasteiger partial charge in [0.2, 0.25) is 6.93 Å². The van der Waals surface area contributed by atoms with Crippen LogP contribution >= 0.6 is 0 Å². The van der Waals surface area contributed by atoms with E-state index in [4.69, 9.17) is 0 Å². The maximum atomic E-state index is 11.3. The summed E-state index contributed by atoms with van der Waals surface area (Å²) in [6.07, 6.45) is -11.2. The van der Waals surface area contributed by atoms with Crippen LogP contribution in [0.3, 0.4) is 0 Å². The quantitative estimate of drug-likeness (QED) is 0.729. The van der Waals surface area contributed by atoms with Gasteiger partial charge in [0.1, 0.15) is 0 Å². The molecule has 0 heterocycles. The molecule has 0 aromatic carbocycles. The summed E-state index contributed by atoms with van der Waals surface area (Å²) in [5.41, 5.74) is 0. The zero-order valence-electron chi connectivity index (χ0n) is 9.72. The number of rotatable bonds is 3. The molecule has 0 fully saturated rings. The zero-order valence-corrected chi connectivity index (χ0v) is 9.72. The largest absolute Gasteiger partial charge is 0.483 e. The van der Waals surface area contributed by atoms with Gasteiger partial charge in [0.15, 0.2) is 13.7 Å². The maximum Gasteiger partial charge on any atom is 0.483 e. The summed E-state index contributed by atoms with van der Waals surface area (Å²) >= 11 is 0. The molecule has 0 radical (unpaired) electrons. The van der Waals surface area contributed by atoms with Gasteiger partial charge < -0.3 is 4.74 Å². The molecule has 0 aromatic rings. The van der Waals surface area contributed by atoms with Crippen molar-refractivity contribution in [3.8, 4) is 0 Å². The Kier molecular flexibility index (Phi) is 24.2. The molecule has 0 aliphatic carbocycles. The van der Waals surface area contributed by atoms with E-state index in [9.17, 15) is 43.9 Å². The monoisotopic (exact) mass is 318 g/mol. The molecule has 0 N–H and O–H groups in total. The molecule has 0 aliphatic rings. The normalized spacial score (nSPS) is 10.1. The first kappa shape index (κ1) is 26.7. The van der Waals surface area contributed by atoms with Crippen LogP contribution in [0.5, 0.6) is 0 Å². The first-order valence-corrected chi connectivity index (χ1v) is 3.83. The third-order valence-electron chi connectivity index (χ3n) is 0.675. The fourth-order valence-corrected chi connectivity index (χ4v) is 0.150. The first-order valence-electron chi connectivity index (χ1n) is 3.83. The molecule has 0 amide bonds. The molecule has 122 valence electrons. The lowest BCUT2D eigenvalue weighted by Gasteiger charge is -2.16. The van der Waals surface area contributed by atoms with Crippen LogP contribution in [0.4, 0.5) is 43.9 Å². The molecular formula is C7H12F10O2. The molecule has 19 heavy (non-hydrogen) atoms. The molecule has 0 aliphatic heterocycles. The van der Waals surface area contributed by atoms with Gasteiger partial charge in [-0.2, -0.15) is 22.0 Å². The van der Waals surface area contributed by atoms with E-state index < -0.39 is 32.9 Å². The SMILES string of the molecule is CF.COCF.FCF.FCOC(F)(F)C(F)(F)F. The van der Waals surface area contributed by atoms with Crippen LogP contribution in [0.1, 0.15) is 0 Å². The van der Waals surface area contributed by atoms with Crippen LogP contribution < -0.4 is 0 Å². The minimum absolute atomic E-state index is 0.500. The van der Waals surface area contributed by atoms with Gasteiger partial charge in [-0.25, -0.2) is 17.6 Å². The number of halogens is 10. The molecule has 2 nitrogen and oxygen atoms in total. The summed E-state index contributed by atoms with van der Waals surface area (Å²) in [6, 6.07) is 0. The summed E-state index contributed by atoms with van der Waals surface area (Å²) in [4.78, 5) is 0. The van der Waals surface area contributed by atoms with Gasteiger partial charge in [-0.1, -0.05) is 0 Å². The van der Waals surface area contributed by atoms with E-state index in [1.165, 1.54) is 7.11 Å². The number of ether oxygens (including phenoxy) is 2. The molecule has 12 heteroatoms. The van der Waals surface area contributed by atoms with Crippen molar-refractivity contribution >= 4 is 0 Å². The fraction of sp³-hybridized carbons (Fsp3) is 1.00. The Balaban J connectivity index is -0.000000104. The Morgan fingerprint density at radius 2 is 1.05 bits per heavy atom. The highest BCUT2D eigenvalue weighted by molar-refractivity contribution is 4.62. The standard InChI is InChI=1S/C3H2F6O.C2H5FO.CH2F2.CH3F/c4-1-10-3(8,9)2(5,6)7;1-4-2-3;2-1-3;1-2/h1H2;2H2,1H3;1H2;1H3. The average Bonchev–Trinajstić information content (AvgIpc) is 2.31. The molecular weight excluding hydrogens is 306 g/mol. The summed E-state index contributed by atoms with van der Waals surface area (Å²) in [6.45, 7) is -4.60. The second-order valence-corrected chi connectivity index (χ2v) is 1.77. The lowest BCUT2D eigenvalue weighted by Crippen LogP contribution is -2.38. The molecule has 0 unspecified atom stereocenters. The fourth-order valence-electron chi connectivity index (χ4n) is 0.150. The Morgan fingerprint density at radius 1 is 0.789 bits per heavy atom. The van der Waals surface area contributed by atoms with E-state index >= 15 is 0 Å². The number of methoxy groups -OCH3 is 1. The van der Waals surface area contributed by atoms with Crippen molar-refractivity contribution in [2.45, 2.75) is 12.3 Å². The Hall–Kier alpha value is -0.780. The molecule has 0 rings (SSSR count). The molecule has 0 aromatic heterocycles. The van der Waals surface area contributed by atoms with Crippen molar-refractivity contribution in [3.05, 3.63) is 0 Å². The van der Waals surface area contributed by atoms with Crippen molar-refractivity contribution in [1.82, 2.24) is 0 Å². The minimum Gasteiger partial charge on any atom is -0.354 e. The summed E-state index contributed by atoms with van der Waals surface area (Å²) in [7, 11) is 1.81. The second kappa shape index (κ2) is 17.2. The van der Waals surface area contributed by atoms with Crippen LogP contribution in [-0.4, -0.2) is 47.2 Å². The Bertz CT molecular complexity index is 149. The Labute approximate surface area is 102 Å². The van der Waals surface area contributed by atoms with Gasteiger partial charge in [-0.15, -0.1) is 0 Å². The van der Waals surface area contributed by atoms with Crippen LogP contribution in [0, 0.1) is 0 Å². The number of hydrogen-bond acceptors (Lipinski definition) is 2. The van der Waals surface area contributed by atoms with E-state index in [2.05, 4.69) is 9.47 Å². The first-order chi connectivity index (χ1) is 8.64. The van der Waals surface area contributed by atoms with Crippen LogP contribution in [0.25, 0.3) is 0 Å². The highest BCUT2D eigenvalue weighted by atomic mass is 19.4. The van der Waals surface area contributed by atoms with E-state index in [0.29, 0.717) is 7.18 Å². The summed E-state index contributed by atoms with van der Waals surface area (Å²) in [5, 5.41) is 0. The molecule has 0 saturated carbocycles.